The van der Waals surface area contributed by atoms with Crippen molar-refractivity contribution in [2.75, 3.05) is 11.9 Å². The van der Waals surface area contributed by atoms with E-state index >= 15 is 0 Å². The maximum Gasteiger partial charge on any atom is 0.262 e. The first kappa shape index (κ1) is 9.03. The lowest BCUT2D eigenvalue weighted by Crippen LogP contribution is -2.25. The molecule has 1 aliphatic heterocycles. The summed E-state index contributed by atoms with van der Waals surface area (Å²) in [5.41, 5.74) is 1.72. The molecule has 0 aliphatic carbocycles. The fourth-order valence-corrected chi connectivity index (χ4v) is 1.74. The number of nitrogens with one attached hydrogen (secondary N) is 1. The van der Waals surface area contributed by atoms with Gasteiger partial charge in [0.05, 0.1) is 5.69 Å². The van der Waals surface area contributed by atoms with E-state index in [1.807, 2.05) is 47.3 Å². The van der Waals surface area contributed by atoms with Gasteiger partial charge in [0.25, 0.3) is 5.91 Å². The van der Waals surface area contributed by atoms with Crippen LogP contribution in [0.1, 0.15) is 0 Å². The average molecular weight is 214 g/mol. The molecule has 2 heterocycles. The quantitative estimate of drug-likeness (QED) is 0.786. The molecular formula is C12H10N2O2. The number of carbonyl (C=O) groups is 1. The summed E-state index contributed by atoms with van der Waals surface area (Å²) in [5.74, 6) is 0.604. The van der Waals surface area contributed by atoms with Gasteiger partial charge in [-0.15, -0.1) is 0 Å². The van der Waals surface area contributed by atoms with Crippen LogP contribution in [0, 0.1) is 0 Å². The Morgan fingerprint density at radius 3 is 2.88 bits per heavy atom. The number of nitrogens with zero attached hydrogens (tertiary/aromatic N) is 1. The summed E-state index contributed by atoms with van der Waals surface area (Å²) in [4.78, 5) is 11.2. The van der Waals surface area contributed by atoms with E-state index in [4.69, 9.17) is 4.74 Å². The fourth-order valence-electron chi connectivity index (χ4n) is 1.74. The number of fused-ring (bicyclic) bond motifs is 1. The third kappa shape index (κ3) is 1.44. The van der Waals surface area contributed by atoms with Gasteiger partial charge < -0.3 is 14.6 Å². The highest BCUT2D eigenvalue weighted by atomic mass is 16.5. The van der Waals surface area contributed by atoms with Gasteiger partial charge in [0, 0.05) is 18.1 Å². The maximum atomic E-state index is 11.2. The SMILES string of the molecule is O=C1COc2ccc(-n3cccc3)cc2N1. The van der Waals surface area contributed by atoms with Crippen LogP contribution in [0.2, 0.25) is 0 Å². The van der Waals surface area contributed by atoms with Crippen molar-refractivity contribution in [3.05, 3.63) is 42.7 Å². The second-order valence-corrected chi connectivity index (χ2v) is 3.61. The molecule has 1 N–H and O–H groups in total. The third-order valence-corrected chi connectivity index (χ3v) is 2.50. The normalized spacial score (nSPS) is 13.9. The Kier molecular flexibility index (Phi) is 1.93. The standard InChI is InChI=1S/C12H10N2O2/c15-12-8-16-11-4-3-9(7-10(11)13-12)14-5-1-2-6-14/h1-7H,8H2,(H,13,15). The van der Waals surface area contributed by atoms with Crippen molar-refractivity contribution in [1.29, 1.82) is 0 Å². The topological polar surface area (TPSA) is 43.3 Å². The van der Waals surface area contributed by atoms with E-state index in [0.29, 0.717) is 0 Å². The molecule has 0 bridgehead atoms. The summed E-state index contributed by atoms with van der Waals surface area (Å²) in [7, 11) is 0. The van der Waals surface area contributed by atoms with Crippen LogP contribution in [0.3, 0.4) is 0 Å². The van der Waals surface area contributed by atoms with E-state index in [0.717, 1.165) is 17.1 Å². The lowest BCUT2D eigenvalue weighted by atomic mass is 10.2. The summed E-state index contributed by atoms with van der Waals surface area (Å²) < 4.78 is 7.26. The van der Waals surface area contributed by atoms with Gasteiger partial charge in [-0.1, -0.05) is 0 Å². The lowest BCUT2D eigenvalue weighted by molar-refractivity contribution is -0.118. The van der Waals surface area contributed by atoms with E-state index in [1.165, 1.54) is 0 Å². The Hall–Kier alpha value is -2.23. The smallest absolute Gasteiger partial charge is 0.262 e. The molecule has 2 aromatic rings. The second-order valence-electron chi connectivity index (χ2n) is 3.61. The highest BCUT2D eigenvalue weighted by molar-refractivity contribution is 5.95. The Balaban J connectivity index is 2.04. The minimum Gasteiger partial charge on any atom is -0.482 e. The molecule has 1 aromatic heterocycles. The molecule has 4 heteroatoms. The lowest BCUT2D eigenvalue weighted by Gasteiger charge is -2.18. The number of rotatable bonds is 1. The van der Waals surface area contributed by atoms with Gasteiger partial charge in [-0.05, 0) is 30.3 Å². The molecule has 4 nitrogen and oxygen atoms in total. The Morgan fingerprint density at radius 1 is 1.25 bits per heavy atom. The highest BCUT2D eigenvalue weighted by Crippen LogP contribution is 2.29. The summed E-state index contributed by atoms with van der Waals surface area (Å²) >= 11 is 0. The summed E-state index contributed by atoms with van der Waals surface area (Å²) in [6.07, 6.45) is 3.90. The highest BCUT2D eigenvalue weighted by Gasteiger charge is 2.15. The molecule has 80 valence electrons. The molecule has 0 unspecified atom stereocenters. The number of carbonyl (C=O) groups excluding carboxylic acids is 1. The number of aromatic nitrogens is 1. The number of ether oxygens (including phenoxy) is 1. The molecule has 1 amide bonds. The number of amides is 1. The molecule has 1 aliphatic rings. The van der Waals surface area contributed by atoms with Crippen LogP contribution in [0.15, 0.2) is 42.7 Å². The minimum atomic E-state index is -0.114. The van der Waals surface area contributed by atoms with Gasteiger partial charge in [0.2, 0.25) is 0 Å². The number of anilines is 1. The van der Waals surface area contributed by atoms with E-state index in [1.54, 1.807) is 0 Å². The van der Waals surface area contributed by atoms with Crippen molar-refractivity contribution in [2.24, 2.45) is 0 Å². The van der Waals surface area contributed by atoms with E-state index in [-0.39, 0.29) is 12.5 Å². The molecule has 16 heavy (non-hydrogen) atoms. The van der Waals surface area contributed by atoms with Crippen molar-refractivity contribution >= 4 is 11.6 Å². The van der Waals surface area contributed by atoms with E-state index < -0.39 is 0 Å². The summed E-state index contributed by atoms with van der Waals surface area (Å²) in [6.45, 7) is 0.0931. The van der Waals surface area contributed by atoms with Crippen LogP contribution >= 0.6 is 0 Å². The molecule has 1 aromatic carbocycles. The predicted octanol–water partition coefficient (Wildman–Crippen LogP) is 1.81. The van der Waals surface area contributed by atoms with Gasteiger partial charge in [-0.3, -0.25) is 4.79 Å². The molecule has 0 atom stereocenters. The van der Waals surface area contributed by atoms with E-state index in [9.17, 15) is 4.79 Å². The average Bonchev–Trinajstić information content (AvgIpc) is 2.81. The van der Waals surface area contributed by atoms with E-state index in [2.05, 4.69) is 5.32 Å². The van der Waals surface area contributed by atoms with Crippen molar-refractivity contribution < 1.29 is 9.53 Å². The minimum absolute atomic E-state index is 0.0931. The van der Waals surface area contributed by atoms with Crippen LogP contribution < -0.4 is 10.1 Å². The van der Waals surface area contributed by atoms with Crippen LogP contribution in [0.4, 0.5) is 5.69 Å². The van der Waals surface area contributed by atoms with Gasteiger partial charge in [0.15, 0.2) is 6.61 Å². The molecule has 0 spiro atoms. The van der Waals surface area contributed by atoms with Crippen LogP contribution in [0.25, 0.3) is 5.69 Å². The van der Waals surface area contributed by atoms with Gasteiger partial charge >= 0.3 is 0 Å². The van der Waals surface area contributed by atoms with Crippen LogP contribution in [-0.4, -0.2) is 17.1 Å². The third-order valence-electron chi connectivity index (χ3n) is 2.50. The molecule has 0 radical (unpaired) electrons. The van der Waals surface area contributed by atoms with Gasteiger partial charge in [-0.25, -0.2) is 0 Å². The number of benzene rings is 1. The van der Waals surface area contributed by atoms with Gasteiger partial charge in [-0.2, -0.15) is 0 Å². The van der Waals surface area contributed by atoms with Gasteiger partial charge in [0.1, 0.15) is 5.75 Å². The first-order valence-corrected chi connectivity index (χ1v) is 5.03. The van der Waals surface area contributed by atoms with Crippen LogP contribution in [-0.2, 0) is 4.79 Å². The Morgan fingerprint density at radius 2 is 2.06 bits per heavy atom. The largest absolute Gasteiger partial charge is 0.482 e. The zero-order chi connectivity index (χ0) is 11.0. The molecule has 0 saturated carbocycles. The maximum absolute atomic E-state index is 11.2. The number of hydrogen-bond donors (Lipinski definition) is 1. The predicted molar refractivity (Wildman–Crippen MR) is 59.9 cm³/mol. The Labute approximate surface area is 92.5 Å². The second kappa shape index (κ2) is 3.41. The zero-order valence-electron chi connectivity index (χ0n) is 8.51. The molecule has 0 saturated heterocycles. The van der Waals surface area contributed by atoms with Crippen molar-refractivity contribution in [1.82, 2.24) is 4.57 Å². The fraction of sp³-hybridized carbons (Fsp3) is 0.0833. The zero-order valence-corrected chi connectivity index (χ0v) is 8.51. The monoisotopic (exact) mass is 214 g/mol. The van der Waals surface area contributed by atoms with Crippen LogP contribution in [0.5, 0.6) is 5.75 Å². The Bertz CT molecular complexity index is 532. The molecule has 0 fully saturated rings. The van der Waals surface area contributed by atoms with Crippen molar-refractivity contribution in [3.8, 4) is 11.4 Å². The number of hydrogen-bond acceptors (Lipinski definition) is 2. The molecule has 3 rings (SSSR count). The van der Waals surface area contributed by atoms with Crippen molar-refractivity contribution in [2.45, 2.75) is 0 Å². The summed E-state index contributed by atoms with van der Waals surface area (Å²) in [5, 5.41) is 2.78. The molecular weight excluding hydrogens is 204 g/mol. The summed E-state index contributed by atoms with van der Waals surface area (Å²) in [6, 6.07) is 9.62. The first-order chi connectivity index (χ1) is 7.83. The first-order valence-electron chi connectivity index (χ1n) is 5.03. The van der Waals surface area contributed by atoms with Crippen molar-refractivity contribution in [3.63, 3.8) is 0 Å².